The number of hydrogen-bond acceptors (Lipinski definition) is 4. The molecule has 0 aromatic carbocycles. The first-order valence-electron chi connectivity index (χ1n) is 4.94. The highest BCUT2D eigenvalue weighted by atomic mass is 32.1. The number of hydrogen-bond donors (Lipinski definition) is 1. The predicted octanol–water partition coefficient (Wildman–Crippen LogP) is 1.57. The van der Waals surface area contributed by atoms with Crippen molar-refractivity contribution in [3.05, 3.63) is 16.6 Å². The average molecular weight is 213 g/mol. The second-order valence-corrected chi connectivity index (χ2v) is 4.81. The molecule has 1 atom stereocenters. The largest absolute Gasteiger partial charge is 0.309 e. The van der Waals surface area contributed by atoms with E-state index in [0.717, 1.165) is 13.1 Å². The van der Waals surface area contributed by atoms with Crippen molar-refractivity contribution in [2.24, 2.45) is 0 Å². The molecule has 0 spiro atoms. The molecule has 1 N–H and O–H groups in total. The molecule has 0 radical (unpaired) electrons. The first-order chi connectivity index (χ1) is 6.68. The van der Waals surface area contributed by atoms with E-state index in [9.17, 15) is 0 Å². The van der Waals surface area contributed by atoms with Crippen molar-refractivity contribution in [1.29, 1.82) is 0 Å². The van der Waals surface area contributed by atoms with Gasteiger partial charge in [0.25, 0.3) is 0 Å². The van der Waals surface area contributed by atoms with Crippen LogP contribution in [0.5, 0.6) is 0 Å². The van der Waals surface area contributed by atoms with Crippen molar-refractivity contribution in [1.82, 2.24) is 15.2 Å². The van der Waals surface area contributed by atoms with Gasteiger partial charge in [-0.1, -0.05) is 0 Å². The molecule has 0 saturated heterocycles. The highest BCUT2D eigenvalue weighted by Crippen LogP contribution is 2.05. The van der Waals surface area contributed by atoms with E-state index in [1.54, 1.807) is 11.3 Å². The van der Waals surface area contributed by atoms with Crippen LogP contribution in [0.4, 0.5) is 0 Å². The zero-order chi connectivity index (χ0) is 10.4. The van der Waals surface area contributed by atoms with Gasteiger partial charge in [-0.05, 0) is 34.0 Å². The lowest BCUT2D eigenvalue weighted by molar-refractivity contribution is 0.366. The van der Waals surface area contributed by atoms with Gasteiger partial charge in [-0.2, -0.15) is 0 Å². The van der Waals surface area contributed by atoms with Gasteiger partial charge in [0.05, 0.1) is 5.51 Å². The molecule has 0 amide bonds. The number of nitrogens with zero attached hydrogens (tertiary/aromatic N) is 2. The molecule has 1 aromatic rings. The first-order valence-corrected chi connectivity index (χ1v) is 5.82. The van der Waals surface area contributed by atoms with Crippen LogP contribution >= 0.6 is 11.3 Å². The minimum Gasteiger partial charge on any atom is -0.309 e. The summed E-state index contributed by atoms with van der Waals surface area (Å²) in [5.41, 5.74) is 1.88. The molecule has 1 heterocycles. The van der Waals surface area contributed by atoms with E-state index in [4.69, 9.17) is 0 Å². The Morgan fingerprint density at radius 3 is 2.93 bits per heavy atom. The summed E-state index contributed by atoms with van der Waals surface area (Å²) in [6, 6.07) is 0.569. The minimum atomic E-state index is 0.569. The van der Waals surface area contributed by atoms with Gasteiger partial charge in [0.1, 0.15) is 0 Å². The Kier molecular flexibility index (Phi) is 5.07. The Hall–Kier alpha value is -0.450. The zero-order valence-corrected chi connectivity index (χ0v) is 9.97. The Morgan fingerprint density at radius 1 is 1.57 bits per heavy atom. The second kappa shape index (κ2) is 6.11. The lowest BCUT2D eigenvalue weighted by Crippen LogP contribution is -2.29. The third-order valence-corrected chi connectivity index (χ3v) is 2.90. The van der Waals surface area contributed by atoms with Gasteiger partial charge in [0.2, 0.25) is 0 Å². The minimum absolute atomic E-state index is 0.569. The van der Waals surface area contributed by atoms with Gasteiger partial charge in [-0.15, -0.1) is 11.3 Å². The van der Waals surface area contributed by atoms with Gasteiger partial charge < -0.3 is 10.2 Å². The maximum atomic E-state index is 4.04. The molecule has 0 aliphatic heterocycles. The monoisotopic (exact) mass is 213 g/mol. The molecule has 0 bridgehead atoms. The molecular weight excluding hydrogens is 194 g/mol. The molecule has 14 heavy (non-hydrogen) atoms. The van der Waals surface area contributed by atoms with Crippen LogP contribution in [0.2, 0.25) is 0 Å². The van der Waals surface area contributed by atoms with Crippen molar-refractivity contribution in [2.75, 3.05) is 20.6 Å². The molecule has 1 aromatic heterocycles. The van der Waals surface area contributed by atoms with E-state index in [1.807, 2.05) is 11.7 Å². The fraction of sp³-hybridized carbons (Fsp3) is 0.700. The molecule has 0 aliphatic rings. The van der Waals surface area contributed by atoms with Crippen LogP contribution in [0, 0.1) is 0 Å². The molecule has 3 nitrogen and oxygen atoms in total. The number of aromatic nitrogens is 1. The molecule has 1 unspecified atom stereocenters. The van der Waals surface area contributed by atoms with Crippen molar-refractivity contribution in [2.45, 2.75) is 25.9 Å². The highest BCUT2D eigenvalue weighted by Gasteiger charge is 2.02. The molecular formula is C10H19N3S. The van der Waals surface area contributed by atoms with E-state index >= 15 is 0 Å². The Bertz CT molecular complexity index is 234. The quantitative estimate of drug-likeness (QED) is 0.777. The molecule has 4 heteroatoms. The van der Waals surface area contributed by atoms with Crippen molar-refractivity contribution in [3.8, 4) is 0 Å². The van der Waals surface area contributed by atoms with Crippen LogP contribution in [0.15, 0.2) is 11.7 Å². The third kappa shape index (κ3) is 4.69. The van der Waals surface area contributed by atoms with Crippen LogP contribution in [-0.2, 0) is 6.54 Å². The molecule has 0 fully saturated rings. The van der Waals surface area contributed by atoms with Gasteiger partial charge in [0.15, 0.2) is 0 Å². The van der Waals surface area contributed by atoms with E-state index in [0.29, 0.717) is 6.04 Å². The van der Waals surface area contributed by atoms with Gasteiger partial charge in [-0.3, -0.25) is 4.98 Å². The van der Waals surface area contributed by atoms with Crippen molar-refractivity contribution < 1.29 is 0 Å². The normalized spacial score (nSPS) is 13.4. The lowest BCUT2D eigenvalue weighted by atomic mass is 10.2. The molecule has 80 valence electrons. The summed E-state index contributed by atoms with van der Waals surface area (Å²) in [6.07, 6.45) is 3.11. The van der Waals surface area contributed by atoms with Gasteiger partial charge in [0, 0.05) is 23.7 Å². The smallest absolute Gasteiger partial charge is 0.0794 e. The zero-order valence-electron chi connectivity index (χ0n) is 9.16. The SMILES string of the molecule is CC(CCN(C)C)NCc1cncs1. The summed E-state index contributed by atoms with van der Waals surface area (Å²) < 4.78 is 0. The summed E-state index contributed by atoms with van der Waals surface area (Å²) in [6.45, 7) is 4.31. The fourth-order valence-electron chi connectivity index (χ4n) is 1.16. The highest BCUT2D eigenvalue weighted by molar-refractivity contribution is 7.09. The van der Waals surface area contributed by atoms with Crippen molar-refractivity contribution in [3.63, 3.8) is 0 Å². The molecule has 0 aliphatic carbocycles. The topological polar surface area (TPSA) is 28.2 Å². The number of nitrogens with one attached hydrogen (secondary N) is 1. The van der Waals surface area contributed by atoms with E-state index < -0.39 is 0 Å². The third-order valence-electron chi connectivity index (χ3n) is 2.12. The summed E-state index contributed by atoms with van der Waals surface area (Å²) in [5.74, 6) is 0. The van der Waals surface area contributed by atoms with Gasteiger partial charge in [-0.25, -0.2) is 0 Å². The van der Waals surface area contributed by atoms with Crippen molar-refractivity contribution >= 4 is 11.3 Å². The number of thiazole rings is 1. The Labute approximate surface area is 90.2 Å². The lowest BCUT2D eigenvalue weighted by Gasteiger charge is -2.15. The summed E-state index contributed by atoms with van der Waals surface area (Å²) in [5, 5.41) is 3.48. The van der Waals surface area contributed by atoms with Crippen LogP contribution in [0.3, 0.4) is 0 Å². The predicted molar refractivity (Wildman–Crippen MR) is 61.6 cm³/mol. The fourth-order valence-corrected chi connectivity index (χ4v) is 1.70. The molecule has 1 rings (SSSR count). The van der Waals surface area contributed by atoms with Crippen LogP contribution < -0.4 is 5.32 Å². The van der Waals surface area contributed by atoms with Crippen LogP contribution in [0.1, 0.15) is 18.2 Å². The average Bonchev–Trinajstić information content (AvgIpc) is 2.63. The number of rotatable bonds is 6. The van der Waals surface area contributed by atoms with E-state index in [2.05, 4.69) is 36.2 Å². The summed E-state index contributed by atoms with van der Waals surface area (Å²) >= 11 is 1.71. The maximum absolute atomic E-state index is 4.04. The van der Waals surface area contributed by atoms with E-state index in [1.165, 1.54) is 11.3 Å². The van der Waals surface area contributed by atoms with Gasteiger partial charge >= 0.3 is 0 Å². The Morgan fingerprint density at radius 2 is 2.36 bits per heavy atom. The molecule has 0 saturated carbocycles. The maximum Gasteiger partial charge on any atom is 0.0794 e. The van der Waals surface area contributed by atoms with Crippen LogP contribution in [-0.4, -0.2) is 36.6 Å². The first kappa shape index (κ1) is 11.6. The standard InChI is InChI=1S/C10H19N3S/c1-9(4-5-13(2)3)12-7-10-6-11-8-14-10/h6,8-9,12H,4-5,7H2,1-3H3. The second-order valence-electron chi connectivity index (χ2n) is 3.84. The summed E-state index contributed by atoms with van der Waals surface area (Å²) in [7, 11) is 4.21. The summed E-state index contributed by atoms with van der Waals surface area (Å²) in [4.78, 5) is 7.56. The van der Waals surface area contributed by atoms with E-state index in [-0.39, 0.29) is 0 Å². The Balaban J connectivity index is 2.12. The van der Waals surface area contributed by atoms with Crippen LogP contribution in [0.25, 0.3) is 0 Å².